The highest BCUT2D eigenvalue weighted by molar-refractivity contribution is 5.86. The van der Waals surface area contributed by atoms with E-state index >= 15 is 0 Å². The minimum atomic E-state index is -1.10. The number of carboxylic acid groups (broad SMARTS) is 1. The summed E-state index contributed by atoms with van der Waals surface area (Å²) in [7, 11) is 0. The first-order chi connectivity index (χ1) is 8.42. The lowest BCUT2D eigenvalue weighted by Gasteiger charge is -2.23. The van der Waals surface area contributed by atoms with E-state index in [1.165, 1.54) is 4.90 Å². The van der Waals surface area contributed by atoms with Gasteiger partial charge in [0.2, 0.25) is 5.91 Å². The third-order valence-corrected chi connectivity index (χ3v) is 2.42. The van der Waals surface area contributed by atoms with Crippen LogP contribution in [0.25, 0.3) is 0 Å². The highest BCUT2D eigenvalue weighted by Crippen LogP contribution is 1.98. The molecule has 0 aliphatic carbocycles. The van der Waals surface area contributed by atoms with Gasteiger partial charge >= 0.3 is 12.0 Å². The second-order valence-corrected chi connectivity index (χ2v) is 3.99. The molecule has 7 nitrogen and oxygen atoms in total. The van der Waals surface area contributed by atoms with Crippen LogP contribution in [0.4, 0.5) is 4.79 Å². The summed E-state index contributed by atoms with van der Waals surface area (Å²) >= 11 is 0. The summed E-state index contributed by atoms with van der Waals surface area (Å²) < 4.78 is 0. The second kappa shape index (κ2) is 8.32. The van der Waals surface area contributed by atoms with Gasteiger partial charge in [-0.05, 0) is 12.8 Å². The predicted molar refractivity (Wildman–Crippen MR) is 65.9 cm³/mol. The van der Waals surface area contributed by atoms with Crippen molar-refractivity contribution in [1.82, 2.24) is 10.2 Å². The van der Waals surface area contributed by atoms with E-state index in [-0.39, 0.29) is 13.0 Å². The van der Waals surface area contributed by atoms with E-state index in [0.29, 0.717) is 6.54 Å². The summed E-state index contributed by atoms with van der Waals surface area (Å²) in [6, 6.07) is -1.52. The number of carboxylic acids is 1. The molecule has 0 bridgehead atoms. The summed E-state index contributed by atoms with van der Waals surface area (Å²) in [6.45, 7) is 3.78. The Hall–Kier alpha value is -1.79. The van der Waals surface area contributed by atoms with E-state index < -0.39 is 23.9 Å². The molecule has 0 saturated heterocycles. The molecule has 7 heteroatoms. The van der Waals surface area contributed by atoms with E-state index in [9.17, 15) is 14.4 Å². The largest absolute Gasteiger partial charge is 0.480 e. The first kappa shape index (κ1) is 16.2. The quantitative estimate of drug-likeness (QED) is 0.575. The highest BCUT2D eigenvalue weighted by Gasteiger charge is 2.22. The van der Waals surface area contributed by atoms with Crippen molar-refractivity contribution in [1.29, 1.82) is 0 Å². The Balaban J connectivity index is 4.52. The number of nitrogens with one attached hydrogen (secondary N) is 1. The lowest BCUT2D eigenvalue weighted by atomic mass is 10.2. The molecule has 0 radical (unpaired) electrons. The zero-order chi connectivity index (χ0) is 14.1. The number of primary amides is 1. The van der Waals surface area contributed by atoms with Crippen molar-refractivity contribution >= 4 is 17.9 Å². The predicted octanol–water partition coefficient (Wildman–Crippen LogP) is 0.147. The molecule has 0 aliphatic rings. The molecular weight excluding hydrogens is 238 g/mol. The number of unbranched alkanes of at least 4 members (excludes halogenated alkanes) is 1. The smallest absolute Gasteiger partial charge is 0.326 e. The Kier molecular flexibility index (Phi) is 7.50. The fourth-order valence-electron chi connectivity index (χ4n) is 1.37. The van der Waals surface area contributed by atoms with E-state index in [2.05, 4.69) is 5.32 Å². The third-order valence-electron chi connectivity index (χ3n) is 2.42. The molecule has 1 atom stereocenters. The zero-order valence-corrected chi connectivity index (χ0v) is 10.8. The van der Waals surface area contributed by atoms with Gasteiger partial charge in [-0.15, -0.1) is 0 Å². The van der Waals surface area contributed by atoms with Crippen molar-refractivity contribution < 1.29 is 19.5 Å². The van der Waals surface area contributed by atoms with E-state index in [4.69, 9.17) is 10.8 Å². The fraction of sp³-hybridized carbons (Fsp3) is 0.727. The molecule has 0 aromatic heterocycles. The zero-order valence-electron chi connectivity index (χ0n) is 10.8. The van der Waals surface area contributed by atoms with Crippen LogP contribution < -0.4 is 11.1 Å². The van der Waals surface area contributed by atoms with Crippen LogP contribution in [0.15, 0.2) is 0 Å². The van der Waals surface area contributed by atoms with Crippen molar-refractivity contribution in [3.8, 4) is 0 Å². The lowest BCUT2D eigenvalue weighted by molar-refractivity contribution is -0.139. The molecule has 0 rings (SSSR count). The minimum Gasteiger partial charge on any atom is -0.480 e. The summed E-state index contributed by atoms with van der Waals surface area (Å²) in [5.74, 6) is -1.72. The molecule has 0 spiro atoms. The van der Waals surface area contributed by atoms with Crippen LogP contribution in [-0.2, 0) is 9.59 Å². The standard InChI is InChI=1S/C11H21N3O4/c1-3-5-6-14(7-9(12)15)11(18)13-8(4-2)10(16)17/h8H,3-7H2,1-2H3,(H2,12,15)(H,13,18)(H,16,17)/t8-/m1/s1. The van der Waals surface area contributed by atoms with Gasteiger partial charge < -0.3 is 21.1 Å². The summed E-state index contributed by atoms with van der Waals surface area (Å²) in [4.78, 5) is 34.7. The monoisotopic (exact) mass is 259 g/mol. The molecule has 18 heavy (non-hydrogen) atoms. The molecule has 104 valence electrons. The van der Waals surface area contributed by atoms with Crippen molar-refractivity contribution in [3.63, 3.8) is 0 Å². The normalized spacial score (nSPS) is 11.7. The average molecular weight is 259 g/mol. The Morgan fingerprint density at radius 3 is 2.33 bits per heavy atom. The van der Waals surface area contributed by atoms with Gasteiger partial charge in [-0.25, -0.2) is 9.59 Å². The topological polar surface area (TPSA) is 113 Å². The van der Waals surface area contributed by atoms with Crippen molar-refractivity contribution in [3.05, 3.63) is 0 Å². The van der Waals surface area contributed by atoms with Crippen LogP contribution in [0.3, 0.4) is 0 Å². The number of amides is 3. The molecule has 0 aliphatic heterocycles. The van der Waals surface area contributed by atoms with E-state index in [1.54, 1.807) is 6.92 Å². The van der Waals surface area contributed by atoms with Gasteiger partial charge in [0.25, 0.3) is 0 Å². The van der Waals surface area contributed by atoms with Crippen molar-refractivity contribution in [2.24, 2.45) is 5.73 Å². The molecular formula is C11H21N3O4. The molecule has 0 aromatic rings. The maximum atomic E-state index is 11.8. The number of hydrogen-bond donors (Lipinski definition) is 3. The van der Waals surface area contributed by atoms with Crippen LogP contribution in [0.5, 0.6) is 0 Å². The first-order valence-corrected chi connectivity index (χ1v) is 5.98. The Labute approximate surface area is 106 Å². The van der Waals surface area contributed by atoms with Crippen LogP contribution in [0, 0.1) is 0 Å². The molecule has 0 fully saturated rings. The first-order valence-electron chi connectivity index (χ1n) is 5.98. The van der Waals surface area contributed by atoms with Gasteiger partial charge in [0, 0.05) is 6.54 Å². The third kappa shape index (κ3) is 6.07. The summed E-state index contributed by atoms with van der Waals surface area (Å²) in [6.07, 6.45) is 1.86. The van der Waals surface area contributed by atoms with Gasteiger partial charge in [0.1, 0.15) is 12.6 Å². The van der Waals surface area contributed by atoms with Crippen LogP contribution in [-0.4, -0.2) is 47.0 Å². The number of aliphatic carboxylic acids is 1. The van der Waals surface area contributed by atoms with E-state index in [0.717, 1.165) is 12.8 Å². The number of nitrogens with zero attached hydrogens (tertiary/aromatic N) is 1. The fourth-order valence-corrected chi connectivity index (χ4v) is 1.37. The van der Waals surface area contributed by atoms with Crippen LogP contribution in [0.1, 0.15) is 33.1 Å². The maximum Gasteiger partial charge on any atom is 0.326 e. The molecule has 0 unspecified atom stereocenters. The van der Waals surface area contributed by atoms with Crippen LogP contribution in [0.2, 0.25) is 0 Å². The Morgan fingerprint density at radius 2 is 1.94 bits per heavy atom. The molecule has 4 N–H and O–H groups in total. The lowest BCUT2D eigenvalue weighted by Crippen LogP contribution is -2.50. The minimum absolute atomic E-state index is 0.206. The number of urea groups is 1. The van der Waals surface area contributed by atoms with Gasteiger partial charge in [0.15, 0.2) is 0 Å². The van der Waals surface area contributed by atoms with Gasteiger partial charge in [-0.1, -0.05) is 20.3 Å². The molecule has 0 saturated carbocycles. The average Bonchev–Trinajstić information content (AvgIpc) is 2.30. The van der Waals surface area contributed by atoms with Crippen molar-refractivity contribution in [2.45, 2.75) is 39.2 Å². The maximum absolute atomic E-state index is 11.8. The molecule has 0 heterocycles. The molecule has 0 aromatic carbocycles. The number of rotatable bonds is 8. The SMILES string of the molecule is CCCCN(CC(N)=O)C(=O)N[C@H](CC)C(=O)O. The van der Waals surface area contributed by atoms with Gasteiger partial charge in [0.05, 0.1) is 0 Å². The van der Waals surface area contributed by atoms with E-state index in [1.807, 2.05) is 6.92 Å². The van der Waals surface area contributed by atoms with Gasteiger partial charge in [-0.2, -0.15) is 0 Å². The number of carbonyl (C=O) groups is 3. The van der Waals surface area contributed by atoms with Gasteiger partial charge in [-0.3, -0.25) is 4.79 Å². The van der Waals surface area contributed by atoms with Crippen molar-refractivity contribution in [2.75, 3.05) is 13.1 Å². The Morgan fingerprint density at radius 1 is 1.33 bits per heavy atom. The summed E-state index contributed by atoms with van der Waals surface area (Å²) in [5, 5.41) is 11.2. The molecule has 3 amide bonds. The Bertz CT molecular complexity index is 307. The van der Waals surface area contributed by atoms with Crippen LogP contribution >= 0.6 is 0 Å². The summed E-state index contributed by atoms with van der Waals surface area (Å²) in [5.41, 5.74) is 5.05. The number of nitrogens with two attached hydrogens (primary N) is 1. The number of hydrogen-bond acceptors (Lipinski definition) is 3. The highest BCUT2D eigenvalue weighted by atomic mass is 16.4. The second-order valence-electron chi connectivity index (χ2n) is 3.99. The number of carbonyl (C=O) groups excluding carboxylic acids is 2.